The Labute approximate surface area is 209 Å². The monoisotopic (exact) mass is 506 g/mol. The number of hydrogen-bond acceptors (Lipinski definition) is 10. The Hall–Kier alpha value is -2.43. The van der Waals surface area contributed by atoms with Crippen LogP contribution in [0, 0.1) is 16.7 Å². The lowest BCUT2D eigenvalue weighted by Crippen LogP contribution is -2.78. The summed E-state index contributed by atoms with van der Waals surface area (Å²) >= 11 is 0. The van der Waals surface area contributed by atoms with Crippen molar-refractivity contribution in [3.8, 4) is 0 Å². The summed E-state index contributed by atoms with van der Waals surface area (Å²) in [6.07, 6.45) is 2.88. The van der Waals surface area contributed by atoms with Crippen LogP contribution < -0.4 is 0 Å². The van der Waals surface area contributed by atoms with E-state index in [1.165, 1.54) is 33.3 Å². The van der Waals surface area contributed by atoms with Crippen LogP contribution in [0.1, 0.15) is 65.9 Å². The number of carbonyl (C=O) groups is 3. The van der Waals surface area contributed by atoms with Gasteiger partial charge in [-0.3, -0.25) is 14.4 Å². The van der Waals surface area contributed by atoms with Crippen molar-refractivity contribution in [2.75, 3.05) is 13.2 Å². The van der Waals surface area contributed by atoms with Crippen molar-refractivity contribution in [1.82, 2.24) is 0 Å². The third-order valence-electron chi connectivity index (χ3n) is 9.38. The predicted octanol–water partition coefficient (Wildman–Crippen LogP) is 2.61. The van der Waals surface area contributed by atoms with Gasteiger partial charge in [-0.05, 0) is 31.2 Å². The number of fused-ring (bicyclic) bond motifs is 1. The molecule has 0 bridgehead atoms. The zero-order valence-corrected chi connectivity index (χ0v) is 21.3. The van der Waals surface area contributed by atoms with Crippen LogP contribution >= 0.6 is 0 Å². The van der Waals surface area contributed by atoms with E-state index in [1.54, 1.807) is 6.07 Å². The second kappa shape index (κ2) is 8.03. The maximum Gasteiger partial charge on any atom is 0.303 e. The first kappa shape index (κ1) is 25.2. The minimum atomic E-state index is -1.70. The topological polar surface area (TPSA) is 134 Å². The molecule has 8 unspecified atom stereocenters. The number of aliphatic hydroxyl groups is 1. The SMILES string of the molecule is CC(=O)OCC12C(OC(C)=O)CC(C)C3(C)CC(O)(c4ccoc4)OC31CCC(OC(C)=O)C21CO1. The second-order valence-corrected chi connectivity index (χ2v) is 11.1. The highest BCUT2D eigenvalue weighted by molar-refractivity contribution is 5.68. The molecule has 2 saturated heterocycles. The van der Waals surface area contributed by atoms with E-state index in [0.717, 1.165) is 0 Å². The molecule has 2 aliphatic heterocycles. The lowest BCUT2D eigenvalue weighted by atomic mass is 9.40. The summed E-state index contributed by atoms with van der Waals surface area (Å²) in [5.74, 6) is -3.25. The minimum absolute atomic E-state index is 0.0608. The number of epoxide rings is 1. The van der Waals surface area contributed by atoms with E-state index in [1.807, 2.05) is 0 Å². The highest BCUT2D eigenvalue weighted by atomic mass is 16.7. The molecule has 0 radical (unpaired) electrons. The van der Waals surface area contributed by atoms with Gasteiger partial charge in [0.1, 0.15) is 29.8 Å². The quantitative estimate of drug-likeness (QED) is 0.361. The zero-order valence-electron chi connectivity index (χ0n) is 21.3. The van der Waals surface area contributed by atoms with E-state index in [9.17, 15) is 19.5 Å². The van der Waals surface area contributed by atoms with Gasteiger partial charge in [-0.2, -0.15) is 0 Å². The molecule has 0 aromatic carbocycles. The summed E-state index contributed by atoms with van der Waals surface area (Å²) in [7, 11) is 0. The number of ether oxygens (including phenoxy) is 5. The minimum Gasteiger partial charge on any atom is -0.472 e. The number of esters is 3. The summed E-state index contributed by atoms with van der Waals surface area (Å²) in [6, 6.07) is 1.66. The zero-order chi connectivity index (χ0) is 26.1. The van der Waals surface area contributed by atoms with Crippen molar-refractivity contribution < 1.29 is 47.6 Å². The molecule has 1 aromatic rings. The number of carbonyl (C=O) groups excluding carboxylic acids is 3. The molecule has 10 heteroatoms. The molecular weight excluding hydrogens is 472 g/mol. The molecule has 3 heterocycles. The third kappa shape index (κ3) is 3.16. The average Bonchev–Trinajstić information content (AvgIpc) is 3.25. The van der Waals surface area contributed by atoms with Crippen molar-refractivity contribution in [3.05, 3.63) is 24.2 Å². The number of furan rings is 1. The first-order chi connectivity index (χ1) is 16.9. The van der Waals surface area contributed by atoms with Crippen LogP contribution in [0.25, 0.3) is 0 Å². The summed E-state index contributed by atoms with van der Waals surface area (Å²) in [4.78, 5) is 36.6. The molecule has 198 valence electrons. The Bertz CT molecular complexity index is 1060. The van der Waals surface area contributed by atoms with E-state index in [-0.39, 0.29) is 25.6 Å². The fourth-order valence-electron chi connectivity index (χ4n) is 7.75. The fraction of sp³-hybridized carbons (Fsp3) is 0.731. The smallest absolute Gasteiger partial charge is 0.303 e. The first-order valence-corrected chi connectivity index (χ1v) is 12.4. The van der Waals surface area contributed by atoms with Crippen LogP contribution in [-0.4, -0.2) is 59.6 Å². The molecule has 10 nitrogen and oxygen atoms in total. The van der Waals surface area contributed by atoms with E-state index < -0.39 is 57.9 Å². The molecule has 1 N–H and O–H groups in total. The van der Waals surface area contributed by atoms with Gasteiger partial charge in [0.2, 0.25) is 0 Å². The van der Waals surface area contributed by atoms with Crippen molar-refractivity contribution in [3.63, 3.8) is 0 Å². The van der Waals surface area contributed by atoms with E-state index in [0.29, 0.717) is 24.8 Å². The van der Waals surface area contributed by atoms with Gasteiger partial charge in [0.25, 0.3) is 0 Å². The molecule has 2 aliphatic carbocycles. The Kier molecular flexibility index (Phi) is 5.63. The van der Waals surface area contributed by atoms with Crippen LogP contribution in [0.3, 0.4) is 0 Å². The van der Waals surface area contributed by atoms with Gasteiger partial charge in [0, 0.05) is 38.2 Å². The van der Waals surface area contributed by atoms with Gasteiger partial charge < -0.3 is 33.2 Å². The van der Waals surface area contributed by atoms with E-state index in [4.69, 9.17) is 28.1 Å². The molecule has 36 heavy (non-hydrogen) atoms. The van der Waals surface area contributed by atoms with Crippen molar-refractivity contribution in [1.29, 1.82) is 0 Å². The molecule has 5 rings (SSSR count). The van der Waals surface area contributed by atoms with Gasteiger partial charge >= 0.3 is 17.9 Å². The number of hydrogen-bond donors (Lipinski definition) is 1. The summed E-state index contributed by atoms with van der Waals surface area (Å²) in [6.45, 7) is 8.08. The van der Waals surface area contributed by atoms with Crippen molar-refractivity contribution in [2.24, 2.45) is 16.7 Å². The standard InChI is InChI=1S/C26H34O10/c1-15-10-21(35-18(4)29)23(13-32-16(2)27)24(14-33-24)20(34-17(3)28)6-8-26(23)22(15,5)12-25(30,36-26)19-7-9-31-11-19/h7,9,11,15,20-21,30H,6,8,10,12-14H2,1-5H3. The predicted molar refractivity (Wildman–Crippen MR) is 121 cm³/mol. The molecule has 2 spiro atoms. The summed E-state index contributed by atoms with van der Waals surface area (Å²) in [5.41, 5.74) is -3.73. The Morgan fingerprint density at radius 3 is 2.33 bits per heavy atom. The Morgan fingerprint density at radius 1 is 1.11 bits per heavy atom. The molecule has 1 aromatic heterocycles. The lowest BCUT2D eigenvalue weighted by molar-refractivity contribution is -0.344. The van der Waals surface area contributed by atoms with Gasteiger partial charge in [-0.15, -0.1) is 0 Å². The highest BCUT2D eigenvalue weighted by Gasteiger charge is 2.88. The molecule has 2 saturated carbocycles. The Morgan fingerprint density at radius 2 is 1.78 bits per heavy atom. The largest absolute Gasteiger partial charge is 0.472 e. The van der Waals surface area contributed by atoms with Gasteiger partial charge in [-0.1, -0.05) is 13.8 Å². The van der Waals surface area contributed by atoms with Crippen LogP contribution in [-0.2, 0) is 43.9 Å². The van der Waals surface area contributed by atoms with E-state index in [2.05, 4.69) is 13.8 Å². The maximum absolute atomic E-state index is 12.4. The van der Waals surface area contributed by atoms with Gasteiger partial charge in [0.05, 0.1) is 24.7 Å². The summed E-state index contributed by atoms with van der Waals surface area (Å²) < 4.78 is 35.7. The summed E-state index contributed by atoms with van der Waals surface area (Å²) in [5, 5.41) is 11.9. The van der Waals surface area contributed by atoms with Crippen LogP contribution in [0.5, 0.6) is 0 Å². The normalized spacial score (nSPS) is 44.9. The molecule has 0 amide bonds. The first-order valence-electron chi connectivity index (χ1n) is 12.4. The highest BCUT2D eigenvalue weighted by Crippen LogP contribution is 2.76. The molecule has 8 atom stereocenters. The van der Waals surface area contributed by atoms with Crippen LogP contribution in [0.15, 0.2) is 23.0 Å². The number of rotatable bonds is 5. The maximum atomic E-state index is 12.4. The van der Waals surface area contributed by atoms with Crippen molar-refractivity contribution in [2.45, 2.75) is 89.5 Å². The Balaban J connectivity index is 1.75. The van der Waals surface area contributed by atoms with Gasteiger partial charge in [0.15, 0.2) is 5.79 Å². The average molecular weight is 507 g/mol. The lowest BCUT2D eigenvalue weighted by Gasteiger charge is -2.67. The second-order valence-electron chi connectivity index (χ2n) is 11.1. The fourth-order valence-corrected chi connectivity index (χ4v) is 7.75. The van der Waals surface area contributed by atoms with Crippen molar-refractivity contribution >= 4 is 17.9 Å². The van der Waals surface area contributed by atoms with Crippen LogP contribution in [0.2, 0.25) is 0 Å². The third-order valence-corrected chi connectivity index (χ3v) is 9.38. The van der Waals surface area contributed by atoms with E-state index >= 15 is 0 Å². The molecule has 4 fully saturated rings. The van der Waals surface area contributed by atoms with Gasteiger partial charge in [-0.25, -0.2) is 0 Å². The molecular formula is C26H34O10. The van der Waals surface area contributed by atoms with Crippen LogP contribution in [0.4, 0.5) is 0 Å². The molecule has 4 aliphatic rings.